The van der Waals surface area contributed by atoms with Crippen LogP contribution in [-0.4, -0.2) is 35.8 Å². The summed E-state index contributed by atoms with van der Waals surface area (Å²) in [5, 5.41) is 9.98. The fourth-order valence-electron chi connectivity index (χ4n) is 4.96. The summed E-state index contributed by atoms with van der Waals surface area (Å²) in [4.78, 5) is 16.4. The van der Waals surface area contributed by atoms with Gasteiger partial charge in [0.15, 0.2) is 0 Å². The van der Waals surface area contributed by atoms with Gasteiger partial charge >= 0.3 is 6.09 Å². The Hall–Kier alpha value is -3.98. The third-order valence-electron chi connectivity index (χ3n) is 6.90. The van der Waals surface area contributed by atoms with Gasteiger partial charge in [0.25, 0.3) is 0 Å². The lowest BCUT2D eigenvalue weighted by Gasteiger charge is -2.34. The molecule has 1 heterocycles. The number of anilines is 1. The van der Waals surface area contributed by atoms with Gasteiger partial charge in [-0.3, -0.25) is 0 Å². The van der Waals surface area contributed by atoms with Crippen LogP contribution in [0.15, 0.2) is 90.7 Å². The van der Waals surface area contributed by atoms with Crippen molar-refractivity contribution < 1.29 is 14.3 Å². The van der Waals surface area contributed by atoms with E-state index in [0.717, 1.165) is 30.0 Å². The van der Waals surface area contributed by atoms with Crippen LogP contribution in [0.1, 0.15) is 52.5 Å². The Balaban J connectivity index is 1.45. The molecule has 0 saturated carbocycles. The highest BCUT2D eigenvalue weighted by atomic mass is 16.6. The Morgan fingerprint density at radius 3 is 2.44 bits per heavy atom. The van der Waals surface area contributed by atoms with Crippen LogP contribution in [0.4, 0.5) is 10.5 Å². The van der Waals surface area contributed by atoms with E-state index in [1.165, 1.54) is 5.56 Å². The largest absolute Gasteiger partial charge is 0.490 e. The van der Waals surface area contributed by atoms with Crippen molar-refractivity contribution in [1.29, 1.82) is 5.26 Å². The van der Waals surface area contributed by atoms with Crippen LogP contribution in [0, 0.1) is 16.7 Å². The molecule has 0 N–H and O–H groups in total. The van der Waals surface area contributed by atoms with Crippen molar-refractivity contribution in [2.75, 3.05) is 18.0 Å². The minimum atomic E-state index is -0.648. The van der Waals surface area contributed by atoms with Gasteiger partial charge in [0.1, 0.15) is 17.5 Å². The molecule has 0 bridgehead atoms. The lowest BCUT2D eigenvalue weighted by atomic mass is 9.81. The number of hydrogen-bond acceptors (Lipinski definition) is 5. The van der Waals surface area contributed by atoms with Crippen molar-refractivity contribution in [3.05, 3.63) is 96.2 Å². The second-order valence-corrected chi connectivity index (χ2v) is 11.2. The van der Waals surface area contributed by atoms with Crippen LogP contribution in [0.3, 0.4) is 0 Å². The smallest absolute Gasteiger partial charge is 0.410 e. The molecule has 1 aliphatic carbocycles. The van der Waals surface area contributed by atoms with Gasteiger partial charge in [-0.1, -0.05) is 54.6 Å². The number of benzene rings is 2. The summed E-state index contributed by atoms with van der Waals surface area (Å²) in [5.74, 6) is 0.812. The zero-order valence-electron chi connectivity index (χ0n) is 23.5. The second kappa shape index (κ2) is 12.3. The summed E-state index contributed by atoms with van der Waals surface area (Å²) in [5.41, 5.74) is 2.18. The van der Waals surface area contributed by atoms with Crippen LogP contribution in [0.2, 0.25) is 0 Å². The maximum absolute atomic E-state index is 12.4. The molecule has 1 unspecified atom stereocenters. The van der Waals surface area contributed by atoms with E-state index in [2.05, 4.69) is 41.3 Å². The van der Waals surface area contributed by atoms with E-state index in [4.69, 9.17) is 9.47 Å². The Labute approximate surface area is 232 Å². The lowest BCUT2D eigenvalue weighted by Crippen LogP contribution is -2.44. The number of ether oxygens (including phenoxy) is 2. The van der Waals surface area contributed by atoms with E-state index in [0.29, 0.717) is 26.1 Å². The minimum absolute atomic E-state index is 0.0539. The number of hydrogen-bond donors (Lipinski definition) is 0. The standard InChI is InChI=1S/C33H39N3O3/c1-5-19-33(25-34)20-9-12-28(23-33)36(24-26-10-7-6-8-11-26)27-13-15-29(16-14-27)38-30-17-21-35(22-18-30)31(37)39-32(2,3)4/h5-16,19-20,30H,17-18,21-24H2,1-4H3. The third kappa shape index (κ3) is 7.54. The Bertz CT molecular complexity index is 1240. The predicted octanol–water partition coefficient (Wildman–Crippen LogP) is 7.40. The van der Waals surface area contributed by atoms with Crippen LogP contribution < -0.4 is 9.64 Å². The molecule has 1 aliphatic heterocycles. The molecule has 39 heavy (non-hydrogen) atoms. The molecule has 0 aromatic heterocycles. The highest BCUT2D eigenvalue weighted by Gasteiger charge is 2.30. The molecule has 0 spiro atoms. The zero-order valence-corrected chi connectivity index (χ0v) is 23.5. The van der Waals surface area contributed by atoms with Crippen molar-refractivity contribution in [3.63, 3.8) is 0 Å². The normalized spacial score (nSPS) is 19.9. The van der Waals surface area contributed by atoms with Crippen LogP contribution >= 0.6 is 0 Å². The van der Waals surface area contributed by atoms with E-state index in [-0.39, 0.29) is 12.2 Å². The molecule has 6 nitrogen and oxygen atoms in total. The first kappa shape index (κ1) is 28.0. The zero-order chi connectivity index (χ0) is 27.9. The molecule has 2 aromatic carbocycles. The summed E-state index contributed by atoms with van der Waals surface area (Å²) >= 11 is 0. The number of nitriles is 1. The highest BCUT2D eigenvalue weighted by molar-refractivity contribution is 5.68. The van der Waals surface area contributed by atoms with Gasteiger partial charge in [0, 0.05) is 50.3 Å². The molecule has 0 radical (unpaired) electrons. The molecule has 1 saturated heterocycles. The minimum Gasteiger partial charge on any atom is -0.490 e. The molecule has 2 aliphatic rings. The van der Waals surface area contributed by atoms with E-state index < -0.39 is 11.0 Å². The number of likely N-dealkylation sites (tertiary alicyclic amines) is 1. The van der Waals surface area contributed by atoms with E-state index in [9.17, 15) is 10.1 Å². The number of allylic oxidation sites excluding steroid dienone is 6. The van der Waals surface area contributed by atoms with E-state index in [1.807, 2.05) is 82.3 Å². The first-order valence-electron chi connectivity index (χ1n) is 13.7. The van der Waals surface area contributed by atoms with Crippen molar-refractivity contribution >= 4 is 11.8 Å². The predicted molar refractivity (Wildman–Crippen MR) is 155 cm³/mol. The molecule has 4 rings (SSSR count). The second-order valence-electron chi connectivity index (χ2n) is 11.2. The van der Waals surface area contributed by atoms with Gasteiger partial charge in [0.2, 0.25) is 0 Å². The average molecular weight is 526 g/mol. The van der Waals surface area contributed by atoms with Crippen molar-refractivity contribution in [3.8, 4) is 11.8 Å². The first-order chi connectivity index (χ1) is 18.7. The molecule has 1 fully saturated rings. The third-order valence-corrected chi connectivity index (χ3v) is 6.90. The number of piperidine rings is 1. The fourth-order valence-corrected chi connectivity index (χ4v) is 4.96. The summed E-state index contributed by atoms with van der Waals surface area (Å²) < 4.78 is 11.8. The summed E-state index contributed by atoms with van der Waals surface area (Å²) in [7, 11) is 0. The molecule has 1 atom stereocenters. The fraction of sp³-hybridized carbons (Fsp3) is 0.394. The monoisotopic (exact) mass is 525 g/mol. The lowest BCUT2D eigenvalue weighted by molar-refractivity contribution is 0.0126. The average Bonchev–Trinajstić information content (AvgIpc) is 2.92. The Kier molecular flexibility index (Phi) is 8.81. The number of carbonyl (C=O) groups is 1. The first-order valence-corrected chi connectivity index (χ1v) is 13.7. The van der Waals surface area contributed by atoms with Gasteiger partial charge in [-0.15, -0.1) is 0 Å². The quantitative estimate of drug-likeness (QED) is 0.352. The van der Waals surface area contributed by atoms with Crippen LogP contribution in [0.25, 0.3) is 0 Å². The maximum atomic E-state index is 12.4. The van der Waals surface area contributed by atoms with Gasteiger partial charge in [-0.05, 0) is 63.6 Å². The number of carbonyl (C=O) groups excluding carboxylic acids is 1. The number of nitrogens with zero attached hydrogens (tertiary/aromatic N) is 3. The summed E-state index contributed by atoms with van der Waals surface area (Å²) in [6.07, 6.45) is 11.9. The Morgan fingerprint density at radius 2 is 1.82 bits per heavy atom. The van der Waals surface area contributed by atoms with Crippen LogP contribution in [-0.2, 0) is 11.3 Å². The van der Waals surface area contributed by atoms with E-state index in [1.54, 1.807) is 4.90 Å². The van der Waals surface area contributed by atoms with Crippen molar-refractivity contribution in [2.24, 2.45) is 5.41 Å². The van der Waals surface area contributed by atoms with Crippen LogP contribution in [0.5, 0.6) is 5.75 Å². The van der Waals surface area contributed by atoms with Gasteiger partial charge in [-0.25, -0.2) is 4.79 Å². The van der Waals surface area contributed by atoms with Gasteiger partial charge < -0.3 is 19.3 Å². The summed E-state index contributed by atoms with van der Waals surface area (Å²) in [6, 6.07) is 21.0. The topological polar surface area (TPSA) is 65.8 Å². The van der Waals surface area contributed by atoms with Gasteiger partial charge in [0.05, 0.1) is 11.5 Å². The molecular weight excluding hydrogens is 486 g/mol. The number of rotatable bonds is 7. The molecular formula is C33H39N3O3. The van der Waals surface area contributed by atoms with E-state index >= 15 is 0 Å². The van der Waals surface area contributed by atoms with Crippen molar-refractivity contribution in [1.82, 2.24) is 4.90 Å². The molecule has 204 valence electrons. The van der Waals surface area contributed by atoms with Gasteiger partial charge in [-0.2, -0.15) is 5.26 Å². The summed E-state index contributed by atoms with van der Waals surface area (Å²) in [6.45, 7) is 9.54. The van der Waals surface area contributed by atoms with Crippen molar-refractivity contribution in [2.45, 2.75) is 65.2 Å². The number of amides is 1. The molecule has 2 aromatic rings. The Morgan fingerprint density at radius 1 is 1.13 bits per heavy atom. The maximum Gasteiger partial charge on any atom is 0.410 e. The molecule has 1 amide bonds. The molecule has 6 heteroatoms. The highest BCUT2D eigenvalue weighted by Crippen LogP contribution is 2.37. The SMILES string of the molecule is CC=CC1(C#N)C=CC=C(N(Cc2ccccc2)c2ccc(OC3CCN(C(=O)OC(C)(C)C)CC3)cc2)C1.